The lowest BCUT2D eigenvalue weighted by molar-refractivity contribution is -0.384. The number of hydrogen-bond donors (Lipinski definition) is 2. The number of halogens is 2. The van der Waals surface area contributed by atoms with Crippen LogP contribution in [-0.2, 0) is 16.2 Å². The smallest absolute Gasteiger partial charge is 0.329 e. The molecule has 0 aliphatic carbocycles. The minimum atomic E-state index is -1.30. The van der Waals surface area contributed by atoms with E-state index in [9.17, 15) is 24.5 Å². The van der Waals surface area contributed by atoms with Gasteiger partial charge in [0.05, 0.1) is 13.9 Å². The van der Waals surface area contributed by atoms with E-state index in [2.05, 4.69) is 37.2 Å². The zero-order chi connectivity index (χ0) is 22.7. The summed E-state index contributed by atoms with van der Waals surface area (Å²) in [5, 5.41) is 21.9. The Kier molecular flexibility index (Phi) is 6.71. The minimum absolute atomic E-state index is 0.0148. The van der Waals surface area contributed by atoms with Crippen molar-refractivity contribution in [3.8, 4) is 5.75 Å². The van der Waals surface area contributed by atoms with Crippen molar-refractivity contribution in [2.75, 3.05) is 6.54 Å². The zero-order valence-electron chi connectivity index (χ0n) is 15.5. The van der Waals surface area contributed by atoms with Gasteiger partial charge in [-0.15, -0.1) is 0 Å². The lowest BCUT2D eigenvalue weighted by Crippen LogP contribution is -2.35. The molecule has 1 fully saturated rings. The molecule has 1 aliphatic heterocycles. The Labute approximate surface area is 191 Å². The first-order valence-electron chi connectivity index (χ1n) is 8.57. The molecule has 0 aromatic heterocycles. The molecule has 1 aliphatic rings. The van der Waals surface area contributed by atoms with Gasteiger partial charge in [0.1, 0.15) is 24.6 Å². The first-order valence-corrected chi connectivity index (χ1v) is 10.2. The number of nitro benzene ring substituents is 1. The third kappa shape index (κ3) is 5.27. The summed E-state index contributed by atoms with van der Waals surface area (Å²) >= 11 is 6.78. The van der Waals surface area contributed by atoms with Gasteiger partial charge in [-0.1, -0.05) is 0 Å². The molecular formula is C19H13Br2N3O7. The zero-order valence-corrected chi connectivity index (χ0v) is 18.7. The Bertz CT molecular complexity index is 1090. The highest BCUT2D eigenvalue weighted by molar-refractivity contribution is 9.11. The van der Waals surface area contributed by atoms with Crippen LogP contribution in [0.5, 0.6) is 5.75 Å². The van der Waals surface area contributed by atoms with E-state index in [1.165, 1.54) is 18.2 Å². The second-order valence-corrected chi connectivity index (χ2v) is 8.01. The molecule has 10 nitrogen and oxygen atoms in total. The number of nitro groups is 1. The van der Waals surface area contributed by atoms with Gasteiger partial charge < -0.3 is 15.2 Å². The van der Waals surface area contributed by atoms with Crippen molar-refractivity contribution in [3.05, 3.63) is 72.3 Å². The summed E-state index contributed by atoms with van der Waals surface area (Å²) in [7, 11) is 0. The summed E-state index contributed by atoms with van der Waals surface area (Å²) < 4.78 is 6.88. The quantitative estimate of drug-likeness (QED) is 0.230. The highest BCUT2D eigenvalue weighted by Crippen LogP contribution is 2.36. The predicted molar refractivity (Wildman–Crippen MR) is 115 cm³/mol. The van der Waals surface area contributed by atoms with Gasteiger partial charge in [-0.3, -0.25) is 19.7 Å². The molecular weight excluding hydrogens is 542 g/mol. The van der Waals surface area contributed by atoms with Gasteiger partial charge in [0, 0.05) is 12.1 Å². The second-order valence-electron chi connectivity index (χ2n) is 6.30. The molecule has 0 bridgehead atoms. The Morgan fingerprint density at radius 2 is 1.81 bits per heavy atom. The summed E-state index contributed by atoms with van der Waals surface area (Å²) in [6.07, 6.45) is 1.41. The van der Waals surface area contributed by atoms with Crippen LogP contribution in [0.3, 0.4) is 0 Å². The second kappa shape index (κ2) is 9.27. The van der Waals surface area contributed by atoms with Gasteiger partial charge in [0.15, 0.2) is 0 Å². The Hall–Kier alpha value is -3.25. The van der Waals surface area contributed by atoms with E-state index in [1.54, 1.807) is 24.3 Å². The van der Waals surface area contributed by atoms with Crippen LogP contribution in [0.25, 0.3) is 6.08 Å². The average molecular weight is 555 g/mol. The van der Waals surface area contributed by atoms with Crippen LogP contribution >= 0.6 is 31.9 Å². The van der Waals surface area contributed by atoms with E-state index in [-0.39, 0.29) is 18.0 Å². The molecule has 1 saturated heterocycles. The summed E-state index contributed by atoms with van der Waals surface area (Å²) in [5.41, 5.74) is 1.21. The van der Waals surface area contributed by atoms with Gasteiger partial charge in [0.2, 0.25) is 0 Å². The highest BCUT2D eigenvalue weighted by atomic mass is 79.9. The fourth-order valence-corrected chi connectivity index (χ4v) is 4.14. The van der Waals surface area contributed by atoms with Crippen molar-refractivity contribution in [2.24, 2.45) is 0 Å². The summed E-state index contributed by atoms with van der Waals surface area (Å²) in [5.74, 6) is -1.57. The van der Waals surface area contributed by atoms with Crippen LogP contribution in [0.1, 0.15) is 11.1 Å². The highest BCUT2D eigenvalue weighted by Gasteiger charge is 2.34. The fraction of sp³-hybridized carbons (Fsp3) is 0.105. The Balaban J connectivity index is 1.75. The number of carbonyl (C=O) groups is 3. The molecule has 2 N–H and O–H groups in total. The summed E-state index contributed by atoms with van der Waals surface area (Å²) in [6.45, 7) is -0.570. The Morgan fingerprint density at radius 1 is 1.19 bits per heavy atom. The van der Waals surface area contributed by atoms with Crippen molar-refractivity contribution < 1.29 is 29.2 Å². The largest absolute Gasteiger partial charge is 0.487 e. The van der Waals surface area contributed by atoms with E-state index in [1.807, 2.05) is 0 Å². The molecule has 12 heteroatoms. The van der Waals surface area contributed by atoms with Gasteiger partial charge in [-0.25, -0.2) is 9.69 Å². The minimum Gasteiger partial charge on any atom is -0.487 e. The van der Waals surface area contributed by atoms with Gasteiger partial charge in [-0.2, -0.15) is 0 Å². The number of imide groups is 1. The monoisotopic (exact) mass is 553 g/mol. The van der Waals surface area contributed by atoms with Crippen LogP contribution in [0.2, 0.25) is 0 Å². The van der Waals surface area contributed by atoms with Gasteiger partial charge in [0.25, 0.3) is 11.6 Å². The van der Waals surface area contributed by atoms with Crippen molar-refractivity contribution >= 4 is 61.5 Å². The number of carboxylic acid groups (broad SMARTS) is 1. The van der Waals surface area contributed by atoms with Crippen molar-refractivity contribution in [1.29, 1.82) is 0 Å². The number of urea groups is 1. The SMILES string of the molecule is O=C(O)CN1C(=O)N/C(=C/c2cc(Br)c(OCc3ccc([N+](=O)[O-])cc3)c(Br)c2)C1=O. The number of rotatable bonds is 7. The number of carbonyl (C=O) groups excluding carboxylic acids is 2. The Morgan fingerprint density at radius 3 is 2.35 bits per heavy atom. The van der Waals surface area contributed by atoms with Gasteiger partial charge in [-0.05, 0) is 73.3 Å². The molecule has 0 radical (unpaired) electrons. The van der Waals surface area contributed by atoms with E-state index in [0.29, 0.717) is 25.2 Å². The number of amides is 3. The molecule has 1 heterocycles. The van der Waals surface area contributed by atoms with E-state index in [0.717, 1.165) is 5.56 Å². The molecule has 0 unspecified atom stereocenters. The lowest BCUT2D eigenvalue weighted by atomic mass is 10.1. The number of non-ortho nitro benzene ring substituents is 1. The van der Waals surface area contributed by atoms with Crippen LogP contribution in [0.15, 0.2) is 51.0 Å². The maximum atomic E-state index is 12.2. The third-order valence-corrected chi connectivity index (χ3v) is 5.30. The molecule has 3 amide bonds. The molecule has 160 valence electrons. The van der Waals surface area contributed by atoms with Crippen molar-refractivity contribution in [1.82, 2.24) is 10.2 Å². The average Bonchev–Trinajstić information content (AvgIpc) is 2.94. The number of carboxylic acids is 1. The van der Waals surface area contributed by atoms with Crippen LogP contribution in [0.4, 0.5) is 10.5 Å². The standard InChI is InChI=1S/C19H13Br2N3O7/c20-13-5-11(7-15-18(27)23(8-16(25)26)19(28)22-15)6-14(21)17(13)31-9-10-1-3-12(4-2-10)24(29)30/h1-7H,8-9H2,(H,22,28)(H,25,26)/b15-7+. The molecule has 0 saturated carbocycles. The fourth-order valence-electron chi connectivity index (χ4n) is 2.69. The topological polar surface area (TPSA) is 139 Å². The number of nitrogens with zero attached hydrogens (tertiary/aromatic N) is 2. The predicted octanol–water partition coefficient (Wildman–Crippen LogP) is 3.68. The van der Waals surface area contributed by atoms with Gasteiger partial charge >= 0.3 is 12.0 Å². The molecule has 31 heavy (non-hydrogen) atoms. The molecule has 0 atom stereocenters. The molecule has 2 aromatic rings. The van der Waals surface area contributed by atoms with E-state index >= 15 is 0 Å². The number of benzene rings is 2. The molecule has 2 aromatic carbocycles. The summed E-state index contributed by atoms with van der Waals surface area (Å²) in [4.78, 5) is 45.7. The van der Waals surface area contributed by atoms with Crippen molar-refractivity contribution in [2.45, 2.75) is 6.61 Å². The van der Waals surface area contributed by atoms with Crippen LogP contribution < -0.4 is 10.1 Å². The van der Waals surface area contributed by atoms with Crippen LogP contribution in [-0.4, -0.2) is 39.4 Å². The first kappa shape index (κ1) is 22.4. The van der Waals surface area contributed by atoms with E-state index < -0.39 is 29.4 Å². The third-order valence-electron chi connectivity index (χ3n) is 4.12. The number of aliphatic carboxylic acids is 1. The maximum absolute atomic E-state index is 12.2. The molecule has 0 spiro atoms. The van der Waals surface area contributed by atoms with Crippen LogP contribution in [0, 0.1) is 10.1 Å². The number of ether oxygens (including phenoxy) is 1. The van der Waals surface area contributed by atoms with E-state index in [4.69, 9.17) is 9.84 Å². The lowest BCUT2D eigenvalue weighted by Gasteiger charge is -2.12. The first-order chi connectivity index (χ1) is 14.7. The van der Waals surface area contributed by atoms with Crippen molar-refractivity contribution in [3.63, 3.8) is 0 Å². The summed E-state index contributed by atoms with van der Waals surface area (Å²) in [6, 6.07) is 8.47. The molecule has 3 rings (SSSR count). The normalized spacial score (nSPS) is 14.6. The maximum Gasteiger partial charge on any atom is 0.329 e. The number of nitrogens with one attached hydrogen (secondary N) is 1. The number of hydrogen-bond acceptors (Lipinski definition) is 6.